The van der Waals surface area contributed by atoms with Gasteiger partial charge >= 0.3 is 0 Å². The third-order valence-corrected chi connectivity index (χ3v) is 7.03. The van der Waals surface area contributed by atoms with Crippen molar-refractivity contribution in [3.63, 3.8) is 0 Å². The fourth-order valence-electron chi connectivity index (χ4n) is 3.87. The van der Waals surface area contributed by atoms with Crippen molar-refractivity contribution in [1.82, 2.24) is 9.97 Å². The van der Waals surface area contributed by atoms with E-state index in [-0.39, 0.29) is 39.9 Å². The van der Waals surface area contributed by atoms with E-state index >= 15 is 0 Å². The standard InChI is InChI=1S/C25H26ClN5O4S/c1-36(34)17-10-11-18(21(14-17)35-16-8-6-15(27)7-9-16)24(32)30-20-5-3-12-28-22(20)25(33)31-23-19(26)4-2-13-29-23/h2-5,10-16H,6-9,27H2,1H3,(H,30,32)(H,29,31,33)/t15-,16-,36-/m0/s1. The summed E-state index contributed by atoms with van der Waals surface area (Å²) in [4.78, 5) is 34.9. The number of pyridine rings is 2. The second kappa shape index (κ2) is 11.7. The van der Waals surface area contributed by atoms with Gasteiger partial charge in [-0.05, 0) is 73.3 Å². The molecule has 1 saturated carbocycles. The number of nitrogens with two attached hydrogens (primary N) is 1. The second-order valence-corrected chi connectivity index (χ2v) is 10.2. The van der Waals surface area contributed by atoms with Gasteiger partial charge in [0, 0.05) is 24.5 Å². The van der Waals surface area contributed by atoms with Crippen LogP contribution in [0.5, 0.6) is 5.75 Å². The molecular formula is C25H26ClN5O4S. The van der Waals surface area contributed by atoms with Crippen LogP contribution in [-0.2, 0) is 11.2 Å². The Bertz CT molecular complexity index is 1250. The maximum Gasteiger partial charge on any atom is 0.277 e. The van der Waals surface area contributed by atoms with Gasteiger partial charge in [0.2, 0.25) is 0 Å². The number of ether oxygens (including phenoxy) is 1. The van der Waals surface area contributed by atoms with Crippen LogP contribution >= 0.6 is 11.6 Å². The number of carbonyl (C=O) groups is 2. The summed E-state index contributed by atoms with van der Waals surface area (Å²) in [5, 5.41) is 5.62. The molecule has 0 aliphatic heterocycles. The Morgan fingerprint density at radius 1 is 1.06 bits per heavy atom. The predicted molar refractivity (Wildman–Crippen MR) is 139 cm³/mol. The van der Waals surface area contributed by atoms with Crippen LogP contribution in [0.25, 0.3) is 0 Å². The van der Waals surface area contributed by atoms with Crippen molar-refractivity contribution in [3.05, 3.63) is 71.1 Å². The Morgan fingerprint density at radius 2 is 1.78 bits per heavy atom. The Labute approximate surface area is 217 Å². The summed E-state index contributed by atoms with van der Waals surface area (Å²) in [6.07, 6.45) is 7.61. The first-order valence-electron chi connectivity index (χ1n) is 11.4. The van der Waals surface area contributed by atoms with Crippen molar-refractivity contribution in [3.8, 4) is 5.75 Å². The van der Waals surface area contributed by atoms with Crippen LogP contribution in [0.15, 0.2) is 59.8 Å². The zero-order valence-electron chi connectivity index (χ0n) is 19.6. The Hall–Kier alpha value is -3.18. The number of amides is 2. The summed E-state index contributed by atoms with van der Waals surface area (Å²) < 4.78 is 18.3. The van der Waals surface area contributed by atoms with Crippen LogP contribution in [0.4, 0.5) is 11.5 Å². The molecule has 0 saturated heterocycles. The first-order chi connectivity index (χ1) is 17.3. The van der Waals surface area contributed by atoms with Crippen LogP contribution in [-0.4, -0.2) is 44.7 Å². The van der Waals surface area contributed by atoms with Crippen molar-refractivity contribution < 1.29 is 18.9 Å². The van der Waals surface area contributed by atoms with Crippen molar-refractivity contribution >= 4 is 46.1 Å². The Balaban J connectivity index is 1.57. The summed E-state index contributed by atoms with van der Waals surface area (Å²) >= 11 is 4.84. The lowest BCUT2D eigenvalue weighted by atomic mass is 9.93. The van der Waals surface area contributed by atoms with Gasteiger partial charge in [0.1, 0.15) is 12.0 Å². The fourth-order valence-corrected chi connectivity index (χ4v) is 4.58. The van der Waals surface area contributed by atoms with E-state index in [4.69, 9.17) is 22.1 Å². The number of anilines is 2. The van der Waals surface area contributed by atoms with Crippen LogP contribution in [0.2, 0.25) is 5.02 Å². The number of hydrogen-bond donors (Lipinski definition) is 3. The number of halogens is 1. The van der Waals surface area contributed by atoms with E-state index in [0.29, 0.717) is 10.6 Å². The van der Waals surface area contributed by atoms with E-state index < -0.39 is 23.0 Å². The van der Waals surface area contributed by atoms with Gasteiger partial charge in [-0.15, -0.1) is 0 Å². The summed E-state index contributed by atoms with van der Waals surface area (Å²) in [5.41, 5.74) is 6.44. The van der Waals surface area contributed by atoms with E-state index in [0.717, 1.165) is 25.7 Å². The topological polar surface area (TPSA) is 142 Å². The first-order valence-corrected chi connectivity index (χ1v) is 13.3. The van der Waals surface area contributed by atoms with Crippen LogP contribution in [0.1, 0.15) is 46.5 Å². The molecule has 1 aromatic carbocycles. The van der Waals surface area contributed by atoms with Gasteiger partial charge in [0.05, 0.1) is 22.4 Å². The highest BCUT2D eigenvalue weighted by molar-refractivity contribution is 7.90. The molecule has 1 fully saturated rings. The molecule has 36 heavy (non-hydrogen) atoms. The lowest BCUT2D eigenvalue weighted by molar-refractivity contribution is 0.101. The second-order valence-electron chi connectivity index (χ2n) is 8.41. The maximum atomic E-state index is 13.3. The minimum atomic E-state index is -1.25. The van der Waals surface area contributed by atoms with E-state index in [1.165, 1.54) is 12.4 Å². The summed E-state index contributed by atoms with van der Waals surface area (Å²) in [7, 11) is 0. The van der Waals surface area contributed by atoms with Gasteiger partial charge in [-0.25, -0.2) is 9.97 Å². The van der Waals surface area contributed by atoms with Gasteiger partial charge < -0.3 is 25.7 Å². The molecule has 0 spiro atoms. The van der Waals surface area contributed by atoms with Crippen LogP contribution < -0.4 is 21.1 Å². The quantitative estimate of drug-likeness (QED) is 0.394. The molecule has 2 heterocycles. The largest absolute Gasteiger partial charge is 0.612 e. The molecule has 188 valence electrons. The van der Waals surface area contributed by atoms with Crippen molar-refractivity contribution in [2.24, 2.45) is 5.73 Å². The number of nitrogens with zero attached hydrogens (tertiary/aromatic N) is 2. The van der Waals surface area contributed by atoms with Crippen LogP contribution in [0, 0.1) is 0 Å². The van der Waals surface area contributed by atoms with Gasteiger partial charge in [0.25, 0.3) is 11.8 Å². The average molecular weight is 528 g/mol. The third kappa shape index (κ3) is 6.33. The highest BCUT2D eigenvalue weighted by Crippen LogP contribution is 2.29. The molecule has 0 radical (unpaired) electrons. The Kier molecular flexibility index (Phi) is 8.42. The molecule has 4 rings (SSSR count). The molecular weight excluding hydrogens is 502 g/mol. The summed E-state index contributed by atoms with van der Waals surface area (Å²) in [6, 6.07) is 11.4. The minimum Gasteiger partial charge on any atom is -0.612 e. The van der Waals surface area contributed by atoms with Gasteiger partial charge in [-0.2, -0.15) is 0 Å². The first kappa shape index (κ1) is 25.9. The molecule has 9 nitrogen and oxygen atoms in total. The zero-order chi connectivity index (χ0) is 25.7. The number of hydrogen-bond acceptors (Lipinski definition) is 7. The minimum absolute atomic E-state index is 0.0115. The highest BCUT2D eigenvalue weighted by Gasteiger charge is 2.25. The lowest BCUT2D eigenvalue weighted by Gasteiger charge is -2.27. The summed E-state index contributed by atoms with van der Waals surface area (Å²) in [5.74, 6) is -0.573. The molecule has 0 bridgehead atoms. The van der Waals surface area contributed by atoms with E-state index in [1.54, 1.807) is 48.7 Å². The lowest BCUT2D eigenvalue weighted by Crippen LogP contribution is -2.32. The average Bonchev–Trinajstić information content (AvgIpc) is 2.87. The molecule has 11 heteroatoms. The maximum absolute atomic E-state index is 13.3. The van der Waals surface area contributed by atoms with E-state index in [2.05, 4.69) is 20.6 Å². The van der Waals surface area contributed by atoms with Gasteiger partial charge in [-0.3, -0.25) is 9.59 Å². The van der Waals surface area contributed by atoms with Crippen molar-refractivity contribution in [2.45, 2.75) is 42.7 Å². The van der Waals surface area contributed by atoms with Crippen LogP contribution in [0.3, 0.4) is 0 Å². The smallest absolute Gasteiger partial charge is 0.277 e. The summed E-state index contributed by atoms with van der Waals surface area (Å²) in [6.45, 7) is 0. The van der Waals surface area contributed by atoms with Gasteiger partial charge in [0.15, 0.2) is 16.4 Å². The molecule has 3 aromatic rings. The van der Waals surface area contributed by atoms with E-state index in [1.807, 2.05) is 0 Å². The van der Waals surface area contributed by atoms with Crippen molar-refractivity contribution in [1.29, 1.82) is 0 Å². The number of nitrogens with one attached hydrogen (secondary N) is 2. The molecule has 2 aromatic heterocycles. The molecule has 1 aliphatic carbocycles. The molecule has 1 aliphatic rings. The molecule has 4 N–H and O–H groups in total. The molecule has 2 amide bonds. The number of aromatic nitrogens is 2. The monoisotopic (exact) mass is 527 g/mol. The normalized spacial score (nSPS) is 18.2. The zero-order valence-corrected chi connectivity index (χ0v) is 21.1. The highest BCUT2D eigenvalue weighted by atomic mass is 35.5. The molecule has 0 unspecified atom stereocenters. The fraction of sp³-hybridized carbons (Fsp3) is 0.280. The SMILES string of the molecule is C[S@+]([O-])c1ccc(C(=O)Nc2cccnc2C(=O)Nc2ncccc2Cl)c(O[C@H]2CC[C@H](N)CC2)c1. The predicted octanol–water partition coefficient (Wildman–Crippen LogP) is 4.02. The number of carbonyl (C=O) groups excluding carboxylic acids is 2. The number of rotatable bonds is 7. The molecule has 1 atom stereocenters. The third-order valence-electron chi connectivity index (χ3n) is 5.80. The van der Waals surface area contributed by atoms with Gasteiger partial charge in [-0.1, -0.05) is 11.6 Å². The van der Waals surface area contributed by atoms with E-state index in [9.17, 15) is 14.1 Å². The number of benzene rings is 1. The Morgan fingerprint density at radius 3 is 2.50 bits per heavy atom. The van der Waals surface area contributed by atoms with Crippen molar-refractivity contribution in [2.75, 3.05) is 16.9 Å².